The standard InChI is InChI=1S/C27H32ClN3O4/c1-19-9-11-20(12-10-19)25(32)31-13-5-6-21(18-31)26(33)30-16-14-29(15-17-30)24(27(34)35-2)22-7-3-4-8-23(22)28/h3-4,7-12,21,24H,5-6,13-18H2,1-2H3. The van der Waals surface area contributed by atoms with Crippen molar-refractivity contribution < 1.29 is 19.1 Å². The lowest BCUT2D eigenvalue weighted by molar-refractivity contribution is -0.149. The fourth-order valence-electron chi connectivity index (χ4n) is 4.98. The van der Waals surface area contributed by atoms with Gasteiger partial charge in [-0.25, -0.2) is 4.79 Å². The summed E-state index contributed by atoms with van der Waals surface area (Å²) in [6.07, 6.45) is 1.59. The molecular formula is C27H32ClN3O4. The largest absolute Gasteiger partial charge is 0.468 e. The zero-order valence-corrected chi connectivity index (χ0v) is 21.0. The highest BCUT2D eigenvalue weighted by molar-refractivity contribution is 6.31. The van der Waals surface area contributed by atoms with E-state index >= 15 is 0 Å². The van der Waals surface area contributed by atoms with Gasteiger partial charge in [0.1, 0.15) is 6.04 Å². The maximum atomic E-state index is 13.3. The number of piperazine rings is 1. The third-order valence-electron chi connectivity index (χ3n) is 6.97. The first-order valence-electron chi connectivity index (χ1n) is 12.1. The van der Waals surface area contributed by atoms with Crippen molar-refractivity contribution in [3.8, 4) is 0 Å². The zero-order valence-electron chi connectivity index (χ0n) is 20.3. The molecule has 2 fully saturated rings. The van der Waals surface area contributed by atoms with E-state index in [1.807, 2.05) is 59.2 Å². The number of nitrogens with zero attached hydrogens (tertiary/aromatic N) is 3. The molecular weight excluding hydrogens is 466 g/mol. The molecule has 0 radical (unpaired) electrons. The Morgan fingerprint density at radius 3 is 2.29 bits per heavy atom. The molecule has 186 valence electrons. The predicted molar refractivity (Wildman–Crippen MR) is 134 cm³/mol. The van der Waals surface area contributed by atoms with E-state index in [0.717, 1.165) is 18.4 Å². The van der Waals surface area contributed by atoms with Crippen LogP contribution in [0.15, 0.2) is 48.5 Å². The van der Waals surface area contributed by atoms with Gasteiger partial charge in [-0.1, -0.05) is 47.5 Å². The fraction of sp³-hybridized carbons (Fsp3) is 0.444. The van der Waals surface area contributed by atoms with E-state index < -0.39 is 6.04 Å². The Kier molecular flexibility index (Phi) is 8.08. The van der Waals surface area contributed by atoms with Crippen LogP contribution >= 0.6 is 11.6 Å². The molecule has 2 atom stereocenters. The molecule has 0 bridgehead atoms. The van der Waals surface area contributed by atoms with Crippen molar-refractivity contribution in [2.24, 2.45) is 5.92 Å². The Labute approximate surface area is 211 Å². The summed E-state index contributed by atoms with van der Waals surface area (Å²) in [5, 5.41) is 0.516. The number of esters is 1. The number of amides is 2. The van der Waals surface area contributed by atoms with Gasteiger partial charge in [-0.15, -0.1) is 0 Å². The Balaban J connectivity index is 1.38. The van der Waals surface area contributed by atoms with Crippen LogP contribution in [0.1, 0.15) is 40.4 Å². The number of hydrogen-bond donors (Lipinski definition) is 0. The van der Waals surface area contributed by atoms with E-state index in [4.69, 9.17) is 16.3 Å². The van der Waals surface area contributed by atoms with Crippen LogP contribution in [0.3, 0.4) is 0 Å². The molecule has 2 saturated heterocycles. The van der Waals surface area contributed by atoms with Gasteiger partial charge in [-0.3, -0.25) is 14.5 Å². The minimum Gasteiger partial charge on any atom is -0.468 e. The molecule has 2 unspecified atom stereocenters. The maximum absolute atomic E-state index is 13.3. The zero-order chi connectivity index (χ0) is 24.9. The number of methoxy groups -OCH3 is 1. The predicted octanol–water partition coefficient (Wildman–Crippen LogP) is 3.56. The van der Waals surface area contributed by atoms with Crippen molar-refractivity contribution in [2.45, 2.75) is 25.8 Å². The highest BCUT2D eigenvalue weighted by Crippen LogP contribution is 2.30. The SMILES string of the molecule is COC(=O)C(c1ccccc1Cl)N1CCN(C(=O)C2CCCN(C(=O)c3ccc(C)cc3)C2)CC1. The monoisotopic (exact) mass is 497 g/mol. The second-order valence-electron chi connectivity index (χ2n) is 9.26. The molecule has 0 saturated carbocycles. The molecule has 7 nitrogen and oxygen atoms in total. The van der Waals surface area contributed by atoms with E-state index in [0.29, 0.717) is 55.4 Å². The Bertz CT molecular complexity index is 1070. The Hall–Kier alpha value is -2.90. The second kappa shape index (κ2) is 11.2. The van der Waals surface area contributed by atoms with Gasteiger partial charge in [-0.05, 0) is 43.5 Å². The van der Waals surface area contributed by atoms with Crippen LogP contribution in [-0.2, 0) is 14.3 Å². The second-order valence-corrected chi connectivity index (χ2v) is 9.67. The lowest BCUT2D eigenvalue weighted by atomic mass is 9.95. The summed E-state index contributed by atoms with van der Waals surface area (Å²) in [5.41, 5.74) is 2.47. The summed E-state index contributed by atoms with van der Waals surface area (Å²) in [6, 6.07) is 14.2. The summed E-state index contributed by atoms with van der Waals surface area (Å²) < 4.78 is 5.06. The van der Waals surface area contributed by atoms with Crippen LogP contribution in [0, 0.1) is 12.8 Å². The van der Waals surface area contributed by atoms with Gasteiger partial charge >= 0.3 is 5.97 Å². The van der Waals surface area contributed by atoms with Gasteiger partial charge in [0.2, 0.25) is 5.91 Å². The molecule has 2 amide bonds. The van der Waals surface area contributed by atoms with Crippen LogP contribution in [0.25, 0.3) is 0 Å². The number of hydrogen-bond acceptors (Lipinski definition) is 5. The van der Waals surface area contributed by atoms with Crippen LogP contribution in [0.5, 0.6) is 0 Å². The molecule has 35 heavy (non-hydrogen) atoms. The number of carbonyl (C=O) groups is 3. The van der Waals surface area contributed by atoms with E-state index in [9.17, 15) is 14.4 Å². The van der Waals surface area contributed by atoms with Crippen molar-refractivity contribution in [1.82, 2.24) is 14.7 Å². The minimum absolute atomic E-state index is 0.0204. The fourth-order valence-corrected chi connectivity index (χ4v) is 5.22. The number of benzene rings is 2. The van der Waals surface area contributed by atoms with Crippen molar-refractivity contribution in [1.29, 1.82) is 0 Å². The number of ether oxygens (including phenoxy) is 1. The molecule has 0 N–H and O–H groups in total. The first-order chi connectivity index (χ1) is 16.9. The third kappa shape index (κ3) is 5.68. The van der Waals surface area contributed by atoms with Gasteiger partial charge < -0.3 is 14.5 Å². The van der Waals surface area contributed by atoms with Crippen molar-refractivity contribution in [3.05, 3.63) is 70.2 Å². The molecule has 0 aliphatic carbocycles. The summed E-state index contributed by atoms with van der Waals surface area (Å²) in [6.45, 7) is 5.20. The van der Waals surface area contributed by atoms with E-state index in [-0.39, 0.29) is 23.7 Å². The maximum Gasteiger partial charge on any atom is 0.327 e. The molecule has 2 aliphatic rings. The number of halogens is 1. The number of likely N-dealkylation sites (tertiary alicyclic amines) is 1. The number of rotatable bonds is 5. The quantitative estimate of drug-likeness (QED) is 0.591. The minimum atomic E-state index is -0.608. The molecule has 2 heterocycles. The van der Waals surface area contributed by atoms with Gasteiger partial charge in [0, 0.05) is 49.9 Å². The smallest absolute Gasteiger partial charge is 0.327 e. The summed E-state index contributed by atoms with van der Waals surface area (Å²) in [4.78, 5) is 44.6. The molecule has 0 aromatic heterocycles. The van der Waals surface area contributed by atoms with E-state index in [1.165, 1.54) is 7.11 Å². The normalized spacial score (nSPS) is 19.8. The lowest BCUT2D eigenvalue weighted by Crippen LogP contribution is -2.54. The summed E-state index contributed by atoms with van der Waals surface area (Å²) in [7, 11) is 1.37. The first kappa shape index (κ1) is 25.2. The highest BCUT2D eigenvalue weighted by Gasteiger charge is 2.36. The molecule has 0 spiro atoms. The Morgan fingerprint density at radius 1 is 0.943 bits per heavy atom. The molecule has 4 rings (SSSR count). The van der Waals surface area contributed by atoms with Crippen molar-refractivity contribution >= 4 is 29.4 Å². The van der Waals surface area contributed by atoms with Crippen LogP contribution in [-0.4, -0.2) is 78.9 Å². The number of carbonyl (C=O) groups excluding carboxylic acids is 3. The molecule has 2 aromatic rings. The topological polar surface area (TPSA) is 70.2 Å². The van der Waals surface area contributed by atoms with Crippen LogP contribution < -0.4 is 0 Å². The molecule has 8 heteroatoms. The average molecular weight is 498 g/mol. The van der Waals surface area contributed by atoms with E-state index in [2.05, 4.69) is 0 Å². The average Bonchev–Trinajstić information content (AvgIpc) is 2.90. The third-order valence-corrected chi connectivity index (χ3v) is 7.32. The molecule has 2 aliphatic heterocycles. The highest BCUT2D eigenvalue weighted by atomic mass is 35.5. The van der Waals surface area contributed by atoms with Crippen LogP contribution in [0.4, 0.5) is 0 Å². The lowest BCUT2D eigenvalue weighted by Gasteiger charge is -2.41. The summed E-state index contributed by atoms with van der Waals surface area (Å²) in [5.74, 6) is -0.508. The van der Waals surface area contributed by atoms with Gasteiger partial charge in [0.25, 0.3) is 5.91 Å². The van der Waals surface area contributed by atoms with Gasteiger partial charge in [0.05, 0.1) is 13.0 Å². The number of aryl methyl sites for hydroxylation is 1. The van der Waals surface area contributed by atoms with Gasteiger partial charge in [0.15, 0.2) is 0 Å². The van der Waals surface area contributed by atoms with E-state index in [1.54, 1.807) is 11.0 Å². The van der Waals surface area contributed by atoms with Gasteiger partial charge in [-0.2, -0.15) is 0 Å². The van der Waals surface area contributed by atoms with Crippen molar-refractivity contribution in [3.63, 3.8) is 0 Å². The Morgan fingerprint density at radius 2 is 1.63 bits per heavy atom. The van der Waals surface area contributed by atoms with Crippen LogP contribution in [0.2, 0.25) is 5.02 Å². The summed E-state index contributed by atoms with van der Waals surface area (Å²) >= 11 is 6.38. The first-order valence-corrected chi connectivity index (χ1v) is 12.5. The molecule has 2 aromatic carbocycles. The number of piperidine rings is 1. The van der Waals surface area contributed by atoms with Crippen molar-refractivity contribution in [2.75, 3.05) is 46.4 Å².